The molecule has 0 saturated heterocycles. The fourth-order valence-corrected chi connectivity index (χ4v) is 3.81. The average Bonchev–Trinajstić information content (AvgIpc) is 2.84. The number of halogens is 4. The van der Waals surface area contributed by atoms with Crippen molar-refractivity contribution in [2.24, 2.45) is 0 Å². The van der Waals surface area contributed by atoms with Gasteiger partial charge in [0.25, 0.3) is 5.91 Å². The maximum Gasteiger partial charge on any atom is 0.416 e. The fourth-order valence-electron chi connectivity index (χ4n) is 3.63. The van der Waals surface area contributed by atoms with E-state index in [0.29, 0.717) is 40.6 Å². The average molecular weight is 511 g/mol. The third-order valence-electron chi connectivity index (χ3n) is 5.43. The van der Waals surface area contributed by atoms with Gasteiger partial charge in [0.2, 0.25) is 0 Å². The molecule has 1 heterocycles. The van der Waals surface area contributed by atoms with Gasteiger partial charge in [-0.25, -0.2) is 4.98 Å². The summed E-state index contributed by atoms with van der Waals surface area (Å²) in [4.78, 5) is 17.3. The highest BCUT2D eigenvalue weighted by molar-refractivity contribution is 6.31. The van der Waals surface area contributed by atoms with E-state index in [-0.39, 0.29) is 5.56 Å². The second-order valence-electron chi connectivity index (χ2n) is 8.03. The second kappa shape index (κ2) is 10.7. The number of carbonyl (C=O) groups excluding carboxylic acids is 1. The second-order valence-corrected chi connectivity index (χ2v) is 8.46. The van der Waals surface area contributed by atoms with Gasteiger partial charge in [-0.3, -0.25) is 4.79 Å². The summed E-state index contributed by atoms with van der Waals surface area (Å²) in [5.41, 5.74) is 8.42. The van der Waals surface area contributed by atoms with Crippen LogP contribution in [-0.4, -0.2) is 17.4 Å². The van der Waals surface area contributed by atoms with Gasteiger partial charge in [0.1, 0.15) is 5.82 Å². The smallest absolute Gasteiger partial charge is 0.385 e. The van der Waals surface area contributed by atoms with Crippen molar-refractivity contribution >= 4 is 34.7 Å². The van der Waals surface area contributed by atoms with Crippen molar-refractivity contribution in [2.75, 3.05) is 22.9 Å². The number of nitrogens with two attached hydrogens (primary N) is 1. The van der Waals surface area contributed by atoms with Gasteiger partial charge < -0.3 is 16.4 Å². The summed E-state index contributed by atoms with van der Waals surface area (Å²) in [6.07, 6.45) is -3.74. The van der Waals surface area contributed by atoms with Crippen molar-refractivity contribution in [3.63, 3.8) is 0 Å². The Hall–Kier alpha value is -4.04. The van der Waals surface area contributed by atoms with Gasteiger partial charge in [0.05, 0.1) is 5.56 Å². The summed E-state index contributed by atoms with van der Waals surface area (Å²) in [5, 5.41) is 6.48. The molecule has 4 N–H and O–H groups in total. The molecule has 3 aromatic carbocycles. The number of nitrogens with one attached hydrogen (secondary N) is 2. The van der Waals surface area contributed by atoms with Crippen LogP contribution in [0.3, 0.4) is 0 Å². The molecule has 184 valence electrons. The maximum absolute atomic E-state index is 13.0. The van der Waals surface area contributed by atoms with Crippen LogP contribution in [0.25, 0.3) is 11.1 Å². The predicted molar refractivity (Wildman–Crippen MR) is 137 cm³/mol. The summed E-state index contributed by atoms with van der Waals surface area (Å²) in [6, 6.07) is 22.0. The van der Waals surface area contributed by atoms with Crippen molar-refractivity contribution in [1.82, 2.24) is 4.98 Å². The first-order chi connectivity index (χ1) is 17.2. The Morgan fingerprint density at radius 2 is 1.61 bits per heavy atom. The number of carbonyl (C=O) groups is 1. The molecule has 0 aliphatic rings. The highest BCUT2D eigenvalue weighted by atomic mass is 35.5. The lowest BCUT2D eigenvalue weighted by Crippen LogP contribution is -2.13. The quantitative estimate of drug-likeness (QED) is 0.252. The molecular weight excluding hydrogens is 489 g/mol. The minimum Gasteiger partial charge on any atom is -0.385 e. The third-order valence-corrected chi connectivity index (χ3v) is 5.67. The highest BCUT2D eigenvalue weighted by Crippen LogP contribution is 2.33. The van der Waals surface area contributed by atoms with Crippen LogP contribution >= 0.6 is 11.6 Å². The van der Waals surface area contributed by atoms with E-state index in [1.165, 1.54) is 12.1 Å². The van der Waals surface area contributed by atoms with Crippen molar-refractivity contribution in [3.05, 3.63) is 107 Å². The van der Waals surface area contributed by atoms with E-state index in [2.05, 4.69) is 15.6 Å². The van der Waals surface area contributed by atoms with Crippen molar-refractivity contribution in [1.29, 1.82) is 0 Å². The van der Waals surface area contributed by atoms with E-state index in [9.17, 15) is 18.0 Å². The van der Waals surface area contributed by atoms with E-state index in [1.807, 2.05) is 24.3 Å². The normalized spacial score (nSPS) is 11.2. The number of amides is 1. The van der Waals surface area contributed by atoms with Crippen LogP contribution in [0.1, 0.15) is 21.6 Å². The molecule has 0 radical (unpaired) electrons. The summed E-state index contributed by atoms with van der Waals surface area (Å²) in [5.74, 6) is 0.0739. The Labute approximate surface area is 211 Å². The van der Waals surface area contributed by atoms with Crippen LogP contribution < -0.4 is 16.4 Å². The summed E-state index contributed by atoms with van der Waals surface area (Å²) in [7, 11) is 0. The summed E-state index contributed by atoms with van der Waals surface area (Å²) < 4.78 is 38.8. The number of hydrogen-bond acceptors (Lipinski definition) is 4. The lowest BCUT2D eigenvalue weighted by molar-refractivity contribution is -0.137. The summed E-state index contributed by atoms with van der Waals surface area (Å²) in [6.45, 7) is 0.656. The zero-order valence-corrected chi connectivity index (χ0v) is 19.7. The number of rotatable bonds is 7. The molecule has 4 aromatic rings. The van der Waals surface area contributed by atoms with Gasteiger partial charge in [-0.15, -0.1) is 0 Å². The molecule has 0 aliphatic carbocycles. The van der Waals surface area contributed by atoms with E-state index in [0.717, 1.165) is 23.5 Å². The standard InChI is InChI=1S/C27H22ClF3N4O/c28-19-8-13-23(24(16-19)17-4-6-18(7-5-17)27(29,30)31)26(36)35-22-11-9-20(10-12-22)33-15-14-21-2-1-3-25(32)34-21/h1-13,16,33H,14-15H2,(H2,32,34)(H,35,36). The topological polar surface area (TPSA) is 80.0 Å². The SMILES string of the molecule is Nc1cccc(CCNc2ccc(NC(=O)c3ccc(Cl)cc3-c3ccc(C(F)(F)F)cc3)cc2)n1. The van der Waals surface area contributed by atoms with Gasteiger partial charge in [0, 0.05) is 40.6 Å². The molecule has 36 heavy (non-hydrogen) atoms. The number of benzene rings is 3. The fraction of sp³-hybridized carbons (Fsp3) is 0.111. The Balaban J connectivity index is 1.43. The number of aromatic nitrogens is 1. The first-order valence-corrected chi connectivity index (χ1v) is 11.4. The van der Waals surface area contributed by atoms with Crippen LogP contribution in [-0.2, 0) is 12.6 Å². The monoisotopic (exact) mass is 510 g/mol. The number of pyridine rings is 1. The number of hydrogen-bond donors (Lipinski definition) is 3. The highest BCUT2D eigenvalue weighted by Gasteiger charge is 2.30. The predicted octanol–water partition coefficient (Wildman–Crippen LogP) is 6.91. The molecular formula is C27H22ClF3N4O. The zero-order valence-electron chi connectivity index (χ0n) is 18.9. The lowest BCUT2D eigenvalue weighted by Gasteiger charge is -2.13. The Morgan fingerprint density at radius 3 is 2.28 bits per heavy atom. The molecule has 0 fully saturated rings. The molecule has 1 amide bonds. The molecule has 1 aromatic heterocycles. The van der Waals surface area contributed by atoms with Gasteiger partial charge in [-0.1, -0.05) is 29.8 Å². The van der Waals surface area contributed by atoms with Gasteiger partial charge in [-0.05, 0) is 77.9 Å². The Bertz CT molecular complexity index is 1360. The molecule has 0 atom stereocenters. The van der Waals surface area contributed by atoms with Crippen LogP contribution in [0.5, 0.6) is 0 Å². The molecule has 0 spiro atoms. The van der Waals surface area contributed by atoms with Crippen LogP contribution in [0.15, 0.2) is 84.9 Å². The Kier molecular flexibility index (Phi) is 7.45. The minimum absolute atomic E-state index is 0.288. The molecule has 4 rings (SSSR count). The van der Waals surface area contributed by atoms with Crippen LogP contribution in [0.2, 0.25) is 5.02 Å². The third kappa shape index (κ3) is 6.34. The molecule has 0 aliphatic heterocycles. The van der Waals surface area contributed by atoms with E-state index in [4.69, 9.17) is 17.3 Å². The van der Waals surface area contributed by atoms with Crippen molar-refractivity contribution in [3.8, 4) is 11.1 Å². The van der Waals surface area contributed by atoms with Gasteiger partial charge >= 0.3 is 6.18 Å². The molecule has 0 bridgehead atoms. The Morgan fingerprint density at radius 1 is 0.917 bits per heavy atom. The molecule has 0 unspecified atom stereocenters. The number of nitrogens with zero attached hydrogens (tertiary/aromatic N) is 1. The van der Waals surface area contributed by atoms with Crippen LogP contribution in [0.4, 0.5) is 30.4 Å². The number of alkyl halides is 3. The largest absolute Gasteiger partial charge is 0.416 e. The first-order valence-electron chi connectivity index (χ1n) is 11.0. The maximum atomic E-state index is 13.0. The lowest BCUT2D eigenvalue weighted by atomic mass is 9.98. The van der Waals surface area contributed by atoms with Crippen LogP contribution in [0, 0.1) is 0 Å². The van der Waals surface area contributed by atoms with E-state index >= 15 is 0 Å². The minimum atomic E-state index is -4.44. The first kappa shape index (κ1) is 25.1. The number of nitrogen functional groups attached to an aromatic ring is 1. The van der Waals surface area contributed by atoms with Gasteiger partial charge in [0.15, 0.2) is 0 Å². The summed E-state index contributed by atoms with van der Waals surface area (Å²) >= 11 is 6.11. The molecule has 5 nitrogen and oxygen atoms in total. The number of anilines is 3. The van der Waals surface area contributed by atoms with Crippen molar-refractivity contribution in [2.45, 2.75) is 12.6 Å². The molecule has 9 heteroatoms. The van der Waals surface area contributed by atoms with Gasteiger partial charge in [-0.2, -0.15) is 13.2 Å². The zero-order chi connectivity index (χ0) is 25.7. The van der Waals surface area contributed by atoms with Crippen molar-refractivity contribution < 1.29 is 18.0 Å². The van der Waals surface area contributed by atoms with E-state index in [1.54, 1.807) is 36.4 Å². The molecule has 0 saturated carbocycles. The van der Waals surface area contributed by atoms with E-state index < -0.39 is 17.6 Å².